The number of hydrogen-bond acceptors (Lipinski definition) is 3. The number of para-hydroxylation sites is 1. The number of benzene rings is 2. The Morgan fingerprint density at radius 2 is 1.56 bits per heavy atom. The predicted molar refractivity (Wildman–Crippen MR) is 108 cm³/mol. The maximum Gasteiger partial charge on any atom is 0.251 e. The van der Waals surface area contributed by atoms with E-state index in [1.807, 2.05) is 52.8 Å². The first-order valence-electron chi connectivity index (χ1n) is 9.07. The van der Waals surface area contributed by atoms with E-state index in [1.165, 1.54) is 0 Å². The Labute approximate surface area is 161 Å². The molecule has 2 N–H and O–H groups in total. The van der Waals surface area contributed by atoms with E-state index in [4.69, 9.17) is 4.74 Å². The van der Waals surface area contributed by atoms with Crippen LogP contribution in [0, 0.1) is 13.8 Å². The summed E-state index contributed by atoms with van der Waals surface area (Å²) in [4.78, 5) is 24.2. The van der Waals surface area contributed by atoms with Crippen molar-refractivity contribution in [1.82, 2.24) is 5.32 Å². The fourth-order valence-corrected chi connectivity index (χ4v) is 2.61. The number of rotatable bonds is 6. The van der Waals surface area contributed by atoms with E-state index >= 15 is 0 Å². The normalized spacial score (nSPS) is 11.0. The standard InChI is InChI=1S/C22H28N2O3/c1-15-7-6-8-16(2)20(15)27-14-13-19(25)23-18-11-9-17(10-12-18)21(26)24-22(3,4)5/h6-12H,13-14H2,1-5H3,(H,23,25)(H,24,26). The second-order valence-corrected chi connectivity index (χ2v) is 7.65. The SMILES string of the molecule is Cc1cccc(C)c1OCCC(=O)Nc1ccc(C(=O)NC(C)(C)C)cc1. The molecule has 0 bridgehead atoms. The minimum Gasteiger partial charge on any atom is -0.493 e. The van der Waals surface area contributed by atoms with Crippen molar-refractivity contribution in [3.05, 3.63) is 59.2 Å². The highest BCUT2D eigenvalue weighted by molar-refractivity contribution is 5.96. The molecule has 0 aromatic heterocycles. The van der Waals surface area contributed by atoms with E-state index in [0.717, 1.165) is 16.9 Å². The molecule has 0 fully saturated rings. The maximum absolute atomic E-state index is 12.1. The van der Waals surface area contributed by atoms with Gasteiger partial charge in [-0.3, -0.25) is 9.59 Å². The zero-order valence-corrected chi connectivity index (χ0v) is 16.7. The van der Waals surface area contributed by atoms with Crippen LogP contribution in [0.3, 0.4) is 0 Å². The molecule has 0 aliphatic rings. The number of ether oxygens (including phenoxy) is 1. The van der Waals surface area contributed by atoms with Gasteiger partial charge in [-0.15, -0.1) is 0 Å². The molecule has 5 nitrogen and oxygen atoms in total. The van der Waals surface area contributed by atoms with Gasteiger partial charge in [-0.05, 0) is 70.0 Å². The van der Waals surface area contributed by atoms with Gasteiger partial charge < -0.3 is 15.4 Å². The highest BCUT2D eigenvalue weighted by Crippen LogP contribution is 2.22. The third kappa shape index (κ3) is 6.44. The Kier molecular flexibility index (Phi) is 6.61. The van der Waals surface area contributed by atoms with Crippen LogP contribution in [0.2, 0.25) is 0 Å². The predicted octanol–water partition coefficient (Wildman–Crippen LogP) is 4.24. The highest BCUT2D eigenvalue weighted by Gasteiger charge is 2.15. The molecular formula is C22H28N2O3. The third-order valence-corrected chi connectivity index (χ3v) is 3.90. The summed E-state index contributed by atoms with van der Waals surface area (Å²) in [6.07, 6.45) is 0.250. The number of aryl methyl sites for hydroxylation is 2. The largest absolute Gasteiger partial charge is 0.493 e. The molecule has 0 unspecified atom stereocenters. The number of anilines is 1. The lowest BCUT2D eigenvalue weighted by Crippen LogP contribution is -2.40. The number of nitrogens with one attached hydrogen (secondary N) is 2. The van der Waals surface area contributed by atoms with Crippen LogP contribution in [-0.2, 0) is 4.79 Å². The summed E-state index contributed by atoms with van der Waals surface area (Å²) >= 11 is 0. The molecule has 0 spiro atoms. The van der Waals surface area contributed by atoms with Crippen LogP contribution in [0.1, 0.15) is 48.7 Å². The lowest BCUT2D eigenvalue weighted by Gasteiger charge is -2.20. The van der Waals surface area contributed by atoms with Gasteiger partial charge in [0.15, 0.2) is 0 Å². The van der Waals surface area contributed by atoms with Gasteiger partial charge in [0.2, 0.25) is 5.91 Å². The van der Waals surface area contributed by atoms with Crippen molar-refractivity contribution < 1.29 is 14.3 Å². The Balaban J connectivity index is 1.84. The van der Waals surface area contributed by atoms with Gasteiger partial charge in [-0.2, -0.15) is 0 Å². The minimum atomic E-state index is -0.292. The summed E-state index contributed by atoms with van der Waals surface area (Å²) in [5.74, 6) is 0.565. The lowest BCUT2D eigenvalue weighted by atomic mass is 10.1. The van der Waals surface area contributed by atoms with Crippen LogP contribution in [0.15, 0.2) is 42.5 Å². The summed E-state index contributed by atoms with van der Waals surface area (Å²) < 4.78 is 5.76. The monoisotopic (exact) mass is 368 g/mol. The first-order chi connectivity index (χ1) is 12.7. The number of carbonyl (C=O) groups is 2. The quantitative estimate of drug-likeness (QED) is 0.801. The smallest absolute Gasteiger partial charge is 0.251 e. The van der Waals surface area contributed by atoms with E-state index in [2.05, 4.69) is 10.6 Å². The van der Waals surface area contributed by atoms with Crippen molar-refractivity contribution in [2.75, 3.05) is 11.9 Å². The maximum atomic E-state index is 12.1. The van der Waals surface area contributed by atoms with Gasteiger partial charge in [0.1, 0.15) is 5.75 Å². The van der Waals surface area contributed by atoms with E-state index in [0.29, 0.717) is 17.9 Å². The molecule has 144 valence electrons. The molecule has 2 amide bonds. The van der Waals surface area contributed by atoms with Crippen LogP contribution in [0.25, 0.3) is 0 Å². The van der Waals surface area contributed by atoms with Crippen LogP contribution in [0.4, 0.5) is 5.69 Å². The second kappa shape index (κ2) is 8.71. The van der Waals surface area contributed by atoms with Crippen molar-refractivity contribution in [3.63, 3.8) is 0 Å². The molecule has 2 rings (SSSR count). The van der Waals surface area contributed by atoms with Gasteiger partial charge >= 0.3 is 0 Å². The number of amides is 2. The first kappa shape index (κ1) is 20.5. The zero-order valence-electron chi connectivity index (χ0n) is 16.7. The molecule has 0 atom stereocenters. The van der Waals surface area contributed by atoms with Crippen molar-refractivity contribution in [1.29, 1.82) is 0 Å². The van der Waals surface area contributed by atoms with E-state index in [-0.39, 0.29) is 23.8 Å². The molecule has 2 aromatic carbocycles. The van der Waals surface area contributed by atoms with Crippen LogP contribution in [0.5, 0.6) is 5.75 Å². The lowest BCUT2D eigenvalue weighted by molar-refractivity contribution is -0.116. The summed E-state index contributed by atoms with van der Waals surface area (Å²) in [6, 6.07) is 12.8. The Hall–Kier alpha value is -2.82. The fraction of sp³-hybridized carbons (Fsp3) is 0.364. The molecule has 0 saturated heterocycles. The molecule has 0 saturated carbocycles. The van der Waals surface area contributed by atoms with Crippen molar-refractivity contribution in [2.45, 2.75) is 46.6 Å². The van der Waals surface area contributed by atoms with Crippen LogP contribution in [-0.4, -0.2) is 24.0 Å². The van der Waals surface area contributed by atoms with E-state index in [9.17, 15) is 9.59 Å². The van der Waals surface area contributed by atoms with Crippen LogP contribution >= 0.6 is 0 Å². The van der Waals surface area contributed by atoms with E-state index in [1.54, 1.807) is 24.3 Å². The third-order valence-electron chi connectivity index (χ3n) is 3.90. The molecule has 2 aromatic rings. The van der Waals surface area contributed by atoms with Gasteiger partial charge in [0.25, 0.3) is 5.91 Å². The topological polar surface area (TPSA) is 67.4 Å². The van der Waals surface area contributed by atoms with Gasteiger partial charge in [-0.1, -0.05) is 18.2 Å². The zero-order chi connectivity index (χ0) is 20.0. The average molecular weight is 368 g/mol. The second-order valence-electron chi connectivity index (χ2n) is 7.65. The Morgan fingerprint density at radius 3 is 2.11 bits per heavy atom. The summed E-state index contributed by atoms with van der Waals surface area (Å²) in [6.45, 7) is 10.1. The van der Waals surface area contributed by atoms with Crippen molar-refractivity contribution in [2.24, 2.45) is 0 Å². The first-order valence-corrected chi connectivity index (χ1v) is 9.07. The number of carbonyl (C=O) groups excluding carboxylic acids is 2. The minimum absolute atomic E-state index is 0.131. The Bertz CT molecular complexity index is 785. The molecule has 0 aliphatic heterocycles. The highest BCUT2D eigenvalue weighted by atomic mass is 16.5. The Morgan fingerprint density at radius 1 is 0.963 bits per heavy atom. The van der Waals surface area contributed by atoms with Crippen LogP contribution < -0.4 is 15.4 Å². The molecule has 0 heterocycles. The summed E-state index contributed by atoms with van der Waals surface area (Å²) in [7, 11) is 0. The van der Waals surface area contributed by atoms with Gasteiger partial charge in [-0.25, -0.2) is 0 Å². The molecule has 0 radical (unpaired) electrons. The fourth-order valence-electron chi connectivity index (χ4n) is 2.61. The summed E-state index contributed by atoms with van der Waals surface area (Å²) in [5, 5.41) is 5.73. The number of hydrogen-bond donors (Lipinski definition) is 2. The molecule has 0 aliphatic carbocycles. The van der Waals surface area contributed by atoms with Crippen molar-refractivity contribution in [3.8, 4) is 5.75 Å². The average Bonchev–Trinajstić information content (AvgIpc) is 2.56. The molecule has 27 heavy (non-hydrogen) atoms. The molecular weight excluding hydrogens is 340 g/mol. The summed E-state index contributed by atoms with van der Waals surface area (Å²) in [5.41, 5.74) is 3.03. The van der Waals surface area contributed by atoms with Gasteiger partial charge in [0, 0.05) is 16.8 Å². The van der Waals surface area contributed by atoms with E-state index < -0.39 is 0 Å². The van der Waals surface area contributed by atoms with Crippen molar-refractivity contribution >= 4 is 17.5 Å². The molecule has 5 heteroatoms. The van der Waals surface area contributed by atoms with Gasteiger partial charge in [0.05, 0.1) is 13.0 Å².